The summed E-state index contributed by atoms with van der Waals surface area (Å²) in [7, 11) is 6.35. The minimum Gasteiger partial charge on any atom is -0.341 e. The summed E-state index contributed by atoms with van der Waals surface area (Å²) < 4.78 is 8.75. The first kappa shape index (κ1) is 42.2. The first-order chi connectivity index (χ1) is 29.4. The van der Waals surface area contributed by atoms with Crippen LogP contribution in [0.2, 0.25) is 0 Å². The number of hydrogen-bond donors (Lipinski definition) is 0. The average Bonchev–Trinajstić information content (AvgIpc) is 3.28. The van der Waals surface area contributed by atoms with E-state index in [2.05, 4.69) is 189 Å². The molecule has 6 aromatic rings. The Hall–Kier alpha value is -5.98. The van der Waals surface area contributed by atoms with Gasteiger partial charge in [-0.1, -0.05) is 37.8 Å². The minimum atomic E-state index is 0.602. The molecular weight excluding hydrogens is 739 g/mol. The third-order valence-corrected chi connectivity index (χ3v) is 12.0. The number of fused-ring (bicyclic) bond motifs is 2. The average molecular weight is 802 g/mol. The van der Waals surface area contributed by atoms with Crippen LogP contribution in [0.15, 0.2) is 139 Å². The highest BCUT2D eigenvalue weighted by molar-refractivity contribution is 5.93. The molecule has 0 amide bonds. The topological polar surface area (TPSA) is 51.4 Å². The van der Waals surface area contributed by atoms with Crippen molar-refractivity contribution < 1.29 is 23.1 Å². The standard InChI is InChI=1S/C52H63N7O/c1-54-32-20-45(21-33-54)47-24-36-57(37-25-47)29-12-8-14-43-16-18-49-51(40-43)56(3)52-41-44(17-19-50(52)59(49)31-11-7-5-4-6-10-28-53-42-60)15-9-13-30-58-38-26-48(27-39-58)46-22-34-55(2)35-23-46/h16-27,32-41H,4-15,28-31H2,1-3H3/q+4. The molecule has 0 saturated heterocycles. The molecule has 8 nitrogen and oxygen atoms in total. The van der Waals surface area contributed by atoms with E-state index in [1.165, 1.54) is 75.4 Å². The van der Waals surface area contributed by atoms with Gasteiger partial charge in [-0.2, -0.15) is 0 Å². The largest absolute Gasteiger partial charge is 0.341 e. The van der Waals surface area contributed by atoms with E-state index in [0.29, 0.717) is 6.54 Å². The van der Waals surface area contributed by atoms with Gasteiger partial charge in [-0.05, 0) is 96.2 Å². The van der Waals surface area contributed by atoms with Gasteiger partial charge in [0, 0.05) is 75.0 Å². The van der Waals surface area contributed by atoms with Crippen LogP contribution in [0.5, 0.6) is 0 Å². The predicted molar refractivity (Wildman–Crippen MR) is 241 cm³/mol. The fourth-order valence-corrected chi connectivity index (χ4v) is 8.39. The molecule has 308 valence electrons. The Kier molecular flexibility index (Phi) is 15.0. The molecular formula is C52H63N7O+4. The molecule has 0 atom stereocenters. The molecule has 0 saturated carbocycles. The van der Waals surface area contributed by atoms with Crippen LogP contribution < -0.4 is 28.1 Å². The lowest BCUT2D eigenvalue weighted by molar-refractivity contribution is -0.697. The normalized spacial score (nSPS) is 11.9. The number of aryl methyl sites for hydroxylation is 6. The van der Waals surface area contributed by atoms with E-state index in [1.807, 2.05) is 0 Å². The third kappa shape index (κ3) is 11.4. The van der Waals surface area contributed by atoms with Gasteiger partial charge in [0.1, 0.15) is 27.2 Å². The van der Waals surface area contributed by atoms with Crippen LogP contribution in [0.1, 0.15) is 75.3 Å². The lowest BCUT2D eigenvalue weighted by atomic mass is 9.99. The highest BCUT2D eigenvalue weighted by atomic mass is 16.1. The second kappa shape index (κ2) is 21.3. The third-order valence-electron chi connectivity index (χ3n) is 12.0. The van der Waals surface area contributed by atoms with E-state index in [9.17, 15) is 4.79 Å². The van der Waals surface area contributed by atoms with Gasteiger partial charge in [-0.3, -0.25) is 0 Å². The van der Waals surface area contributed by atoms with Gasteiger partial charge in [-0.25, -0.2) is 28.1 Å². The van der Waals surface area contributed by atoms with Crippen molar-refractivity contribution >= 4 is 28.8 Å². The van der Waals surface area contributed by atoms with Crippen molar-refractivity contribution in [2.75, 3.05) is 29.9 Å². The zero-order chi connectivity index (χ0) is 41.5. The maximum atomic E-state index is 10.4. The van der Waals surface area contributed by atoms with Gasteiger partial charge in [0.05, 0.1) is 29.3 Å². The minimum absolute atomic E-state index is 0.602. The summed E-state index contributed by atoms with van der Waals surface area (Å²) in [5, 5.41) is 0. The van der Waals surface area contributed by atoms with Gasteiger partial charge in [0.2, 0.25) is 6.08 Å². The predicted octanol–water partition coefficient (Wildman–Crippen LogP) is 9.19. The number of anilines is 4. The smallest absolute Gasteiger partial charge is 0.234 e. The zero-order valence-electron chi connectivity index (χ0n) is 36.1. The Morgan fingerprint density at radius 2 is 0.900 bits per heavy atom. The van der Waals surface area contributed by atoms with Crippen LogP contribution >= 0.6 is 0 Å². The van der Waals surface area contributed by atoms with E-state index in [0.717, 1.165) is 77.4 Å². The molecule has 0 bridgehead atoms. The molecule has 0 aliphatic carbocycles. The van der Waals surface area contributed by atoms with E-state index in [4.69, 9.17) is 0 Å². The van der Waals surface area contributed by atoms with Gasteiger partial charge in [-0.15, -0.1) is 0 Å². The summed E-state index contributed by atoms with van der Waals surface area (Å²) in [4.78, 5) is 19.1. The maximum absolute atomic E-state index is 10.4. The van der Waals surface area contributed by atoms with Gasteiger partial charge in [0.15, 0.2) is 49.6 Å². The maximum Gasteiger partial charge on any atom is 0.234 e. The molecule has 4 aromatic heterocycles. The number of nitrogens with zero attached hydrogens (tertiary/aromatic N) is 7. The number of isocyanates is 1. The van der Waals surface area contributed by atoms with Crippen LogP contribution in [0.3, 0.4) is 0 Å². The van der Waals surface area contributed by atoms with E-state index in [-0.39, 0.29) is 0 Å². The van der Waals surface area contributed by atoms with Crippen molar-refractivity contribution in [1.82, 2.24) is 0 Å². The van der Waals surface area contributed by atoms with Gasteiger partial charge < -0.3 is 9.80 Å². The quantitative estimate of drug-likeness (QED) is 0.0316. The second-order valence-corrected chi connectivity index (χ2v) is 16.5. The first-order valence-corrected chi connectivity index (χ1v) is 22.2. The van der Waals surface area contributed by atoms with Crippen molar-refractivity contribution in [1.29, 1.82) is 0 Å². The number of hydrogen-bond acceptors (Lipinski definition) is 4. The van der Waals surface area contributed by atoms with Crippen LogP contribution in [-0.2, 0) is 44.8 Å². The Morgan fingerprint density at radius 1 is 0.483 bits per heavy atom. The Labute approximate surface area is 357 Å². The number of benzene rings is 2. The summed E-state index contributed by atoms with van der Waals surface area (Å²) in [6.45, 7) is 3.64. The Morgan fingerprint density at radius 3 is 1.35 bits per heavy atom. The fraction of sp³-hybridized carbons (Fsp3) is 0.365. The molecule has 0 N–H and O–H groups in total. The van der Waals surface area contributed by atoms with E-state index in [1.54, 1.807) is 6.08 Å². The lowest BCUT2D eigenvalue weighted by Crippen LogP contribution is -2.32. The monoisotopic (exact) mass is 802 g/mol. The first-order valence-electron chi connectivity index (χ1n) is 22.2. The molecule has 60 heavy (non-hydrogen) atoms. The number of rotatable bonds is 21. The number of aromatic nitrogens is 4. The van der Waals surface area contributed by atoms with Crippen molar-refractivity contribution in [3.05, 3.63) is 146 Å². The molecule has 5 heterocycles. The van der Waals surface area contributed by atoms with E-state index >= 15 is 0 Å². The molecule has 0 fully saturated rings. The van der Waals surface area contributed by atoms with Crippen molar-refractivity contribution in [3.8, 4) is 22.3 Å². The Balaban J connectivity index is 0.963. The summed E-state index contributed by atoms with van der Waals surface area (Å²) in [6.07, 6.45) is 32.4. The number of unbranched alkanes of at least 4 members (excludes halogenated alkanes) is 7. The molecule has 2 aromatic carbocycles. The molecule has 1 aliphatic heterocycles. The zero-order valence-corrected chi connectivity index (χ0v) is 36.1. The Bertz CT molecular complexity index is 2170. The highest BCUT2D eigenvalue weighted by Crippen LogP contribution is 2.48. The number of pyridine rings is 4. The van der Waals surface area contributed by atoms with Gasteiger partial charge in [0.25, 0.3) is 0 Å². The summed E-state index contributed by atoms with van der Waals surface area (Å²) in [5.74, 6) is 0. The van der Waals surface area contributed by atoms with Crippen LogP contribution in [0.4, 0.5) is 22.7 Å². The summed E-state index contributed by atoms with van der Waals surface area (Å²) >= 11 is 0. The molecule has 8 heteroatoms. The summed E-state index contributed by atoms with van der Waals surface area (Å²) in [6, 6.07) is 31.9. The second-order valence-electron chi connectivity index (χ2n) is 16.5. The molecule has 7 rings (SSSR count). The number of aliphatic imine (C=N–C) groups is 1. The van der Waals surface area contributed by atoms with Crippen LogP contribution in [0.25, 0.3) is 22.3 Å². The highest BCUT2D eigenvalue weighted by Gasteiger charge is 2.27. The SMILES string of the molecule is CN1c2cc(CCCC[n+]3ccc(-c4cc[n+](C)cc4)cc3)ccc2N(CCCCCCCCN=C=O)c2ccc(CCCC[n+]3ccc(-c4cc[n+](C)cc4)cc3)cc21. The van der Waals surface area contributed by atoms with Crippen molar-refractivity contribution in [3.63, 3.8) is 0 Å². The molecule has 1 aliphatic rings. The van der Waals surface area contributed by atoms with Crippen LogP contribution in [-0.4, -0.2) is 26.2 Å². The van der Waals surface area contributed by atoms with Crippen molar-refractivity contribution in [2.24, 2.45) is 19.1 Å². The lowest BCUT2D eigenvalue weighted by Gasteiger charge is -2.39. The van der Waals surface area contributed by atoms with Gasteiger partial charge >= 0.3 is 0 Å². The molecule has 0 spiro atoms. The fourth-order valence-electron chi connectivity index (χ4n) is 8.39. The summed E-state index contributed by atoms with van der Waals surface area (Å²) in [5.41, 5.74) is 13.0. The molecule has 0 unspecified atom stereocenters. The van der Waals surface area contributed by atoms with E-state index < -0.39 is 0 Å². The van der Waals surface area contributed by atoms with Crippen LogP contribution in [0, 0.1) is 0 Å². The molecule has 0 radical (unpaired) electrons. The number of carbonyl (C=O) groups excluding carboxylic acids is 1. The van der Waals surface area contributed by atoms with Crippen molar-refractivity contribution in [2.45, 2.75) is 90.1 Å².